The van der Waals surface area contributed by atoms with E-state index in [0.717, 1.165) is 13.5 Å². The van der Waals surface area contributed by atoms with Gasteiger partial charge >= 0.3 is 71.3 Å². The Morgan fingerprint density at radius 3 is 1.51 bits per heavy atom. The molecule has 3 N–H and O–H groups in total. The summed E-state index contributed by atoms with van der Waals surface area (Å²) in [7, 11) is -15.8. The van der Waals surface area contributed by atoms with Gasteiger partial charge in [-0.15, -0.1) is 8.28 Å². The smallest absolute Gasteiger partial charge is 0.746 e. The van der Waals surface area contributed by atoms with Gasteiger partial charge in [0.15, 0.2) is 12.7 Å². The number of halogens is 4. The molecule has 28 heteroatoms. The maximum atomic E-state index is 12.1. The number of aliphatic hydroxyl groups excluding tert-OH is 2. The van der Waals surface area contributed by atoms with Crippen LogP contribution >= 0.6 is 0 Å². The first kappa shape index (κ1) is 49.3. The molecule has 2 aliphatic heterocycles. The first-order valence-corrected chi connectivity index (χ1v) is 18.0. The van der Waals surface area contributed by atoms with Gasteiger partial charge in [-0.1, -0.05) is 0 Å². The first-order valence-electron chi connectivity index (χ1n) is 12.2. The van der Waals surface area contributed by atoms with Gasteiger partial charge in [0.2, 0.25) is 0 Å². The maximum Gasteiger partial charge on any atom is 1.00 e. The molecule has 18 nitrogen and oxygen atoms in total. The molecule has 4 bridgehead atoms. The van der Waals surface area contributed by atoms with Crippen molar-refractivity contribution in [1.29, 1.82) is 0 Å². The van der Waals surface area contributed by atoms with E-state index in [0.29, 0.717) is 19.3 Å². The van der Waals surface area contributed by atoms with Crippen LogP contribution in [0.5, 0.6) is 0 Å². The van der Waals surface area contributed by atoms with Crippen LogP contribution in [0.25, 0.3) is 0 Å². The summed E-state index contributed by atoms with van der Waals surface area (Å²) in [6.45, 7) is -1.28. The number of aliphatic carboxylic acids is 1. The van der Waals surface area contributed by atoms with Crippen LogP contribution in [-0.2, 0) is 58.8 Å². The first-order chi connectivity index (χ1) is 20.4. The van der Waals surface area contributed by atoms with E-state index in [1.165, 1.54) is 0 Å². The second-order valence-corrected chi connectivity index (χ2v) is 15.6. The molecule has 0 aromatic rings. The molecule has 266 valence electrons. The van der Waals surface area contributed by atoms with Crippen LogP contribution in [0.1, 0.15) is 25.7 Å². The van der Waals surface area contributed by atoms with Crippen molar-refractivity contribution < 1.29 is 157 Å². The normalized spacial score (nSPS) is 34.7. The van der Waals surface area contributed by atoms with Crippen molar-refractivity contribution in [2.45, 2.75) is 60.6 Å². The van der Waals surface area contributed by atoms with Crippen molar-refractivity contribution in [3.05, 3.63) is 0 Å². The molecule has 2 saturated heterocycles. The average Bonchev–Trinajstić information content (AvgIpc) is 3.70. The summed E-state index contributed by atoms with van der Waals surface area (Å²) in [5.41, 5.74) is 0. The number of hydrogen-bond donors (Lipinski definition) is 3. The fourth-order valence-corrected chi connectivity index (χ4v) is 9.82. The third-order valence-corrected chi connectivity index (χ3v) is 11.2. The van der Waals surface area contributed by atoms with Crippen molar-refractivity contribution in [3.8, 4) is 0 Å². The number of hydrogen-bond acceptors (Lipinski definition) is 17. The van der Waals surface area contributed by atoms with Crippen molar-refractivity contribution >= 4 is 53.1 Å². The Morgan fingerprint density at radius 2 is 1.19 bits per heavy atom. The van der Waals surface area contributed by atoms with E-state index in [4.69, 9.17) is 49.3 Å². The molecule has 47 heavy (non-hydrogen) atoms. The molecule has 4 aliphatic carbocycles. The fourth-order valence-electron chi connectivity index (χ4n) is 6.05. The van der Waals surface area contributed by atoms with Gasteiger partial charge in [-0.25, -0.2) is 35.2 Å². The Labute approximate surface area is 311 Å². The largest absolute Gasteiger partial charge is 1.00 e. The Morgan fingerprint density at radius 1 is 0.851 bits per heavy atom. The van der Waals surface area contributed by atoms with E-state index in [1.807, 2.05) is 0 Å². The van der Waals surface area contributed by atoms with Gasteiger partial charge in [-0.05, 0) is 31.6 Å². The van der Waals surface area contributed by atoms with E-state index in [1.54, 1.807) is 0 Å². The Bertz CT molecular complexity index is 1480. The van der Waals surface area contributed by atoms with E-state index in [9.17, 15) is 43.8 Å². The number of carboxylic acid groups (broad SMARTS) is 1. The number of carboxylic acids is 1. The van der Waals surface area contributed by atoms with Gasteiger partial charge in [-0.2, -0.15) is 16.8 Å². The second kappa shape index (κ2) is 19.7. The minimum absolute atomic E-state index is 0. The van der Waals surface area contributed by atoms with Crippen molar-refractivity contribution in [2.24, 2.45) is 23.7 Å². The third-order valence-electron chi connectivity index (χ3n) is 7.34. The number of alkyl halides is 2. The van der Waals surface area contributed by atoms with Crippen LogP contribution in [0, 0.1) is 23.7 Å². The molecular formula is C19H28F4Na2O18S4. The molecule has 10 unspecified atom stereocenters. The van der Waals surface area contributed by atoms with Crippen LogP contribution in [-0.4, -0.2) is 125 Å². The summed E-state index contributed by atoms with van der Waals surface area (Å²) in [5.74, 6) is -1.35. The molecule has 0 amide bonds. The molecule has 6 fully saturated rings. The standard InChI is InChI=1S/C8H9FO5S.C7H10O4S.C2H3FO2.CH3FO3S.CH4O.FHO3S.2Na/c9-8(10)13-6-3-1-4-5(2-3)15(11,12)14-7(4)6;8-6-3-1-4-5(2-3)12(9,10)11-7(4)6;3-1-2(4)5;2-1-6(3,4)5;1-2;1-5(2,3)4;;/h3-7H,1-2H2;3-8H,1-2H2;1H2,(H,4,5);1H2,(H,3,4,5);2H,1H3;(H,2,3,4);;/q;;;;;;2*+1/p-2. The van der Waals surface area contributed by atoms with Crippen LogP contribution in [0.2, 0.25) is 0 Å². The van der Waals surface area contributed by atoms with Gasteiger partial charge in [0.1, 0.15) is 28.4 Å². The van der Waals surface area contributed by atoms with Crippen LogP contribution in [0.4, 0.5) is 21.9 Å². The average molecular weight is 795 g/mol. The molecular weight excluding hydrogens is 766 g/mol. The quantitative estimate of drug-likeness (QED) is 0.0786. The van der Waals surface area contributed by atoms with Crippen LogP contribution in [0.3, 0.4) is 0 Å². The summed E-state index contributed by atoms with van der Waals surface area (Å²) >= 11 is 0. The van der Waals surface area contributed by atoms with Crippen molar-refractivity contribution in [3.63, 3.8) is 0 Å². The summed E-state index contributed by atoms with van der Waals surface area (Å²) in [5, 5.41) is 23.1. The van der Waals surface area contributed by atoms with Gasteiger partial charge in [0.05, 0.1) is 16.6 Å². The molecule has 0 spiro atoms. The second-order valence-electron chi connectivity index (χ2n) is 9.87. The molecule has 4 saturated carbocycles. The van der Waals surface area contributed by atoms with Crippen molar-refractivity contribution in [2.75, 3.05) is 19.8 Å². The number of aliphatic hydroxyl groups is 2. The summed E-state index contributed by atoms with van der Waals surface area (Å²) in [4.78, 5) is 19.2. The van der Waals surface area contributed by atoms with Gasteiger partial charge in [0.25, 0.3) is 30.7 Å². The summed E-state index contributed by atoms with van der Waals surface area (Å²) in [6.07, 6.45) is -1.70. The molecule has 6 aliphatic rings. The minimum atomic E-state index is -5.42. The molecule has 2 heterocycles. The number of rotatable bonds is 3. The monoisotopic (exact) mass is 794 g/mol. The summed E-state index contributed by atoms with van der Waals surface area (Å²) in [6, 6.07) is -1.81. The predicted octanol–water partition coefficient (Wildman–Crippen LogP) is -7.39. The zero-order chi connectivity index (χ0) is 35.3. The number of carbonyl (C=O) groups is 2. The van der Waals surface area contributed by atoms with Crippen LogP contribution in [0.15, 0.2) is 0 Å². The molecule has 10 atom stereocenters. The zero-order valence-electron chi connectivity index (χ0n) is 24.6. The number of carbonyl (C=O) groups excluding carboxylic acids is 1. The van der Waals surface area contributed by atoms with Crippen LogP contribution < -0.4 is 59.1 Å². The van der Waals surface area contributed by atoms with E-state index >= 15 is 0 Å². The van der Waals surface area contributed by atoms with Gasteiger partial charge in [0, 0.05) is 24.9 Å². The van der Waals surface area contributed by atoms with Gasteiger partial charge < -0.3 is 29.2 Å². The molecule has 6 rings (SSSR count). The Kier molecular flexibility index (Phi) is 20.7. The summed E-state index contributed by atoms with van der Waals surface area (Å²) < 4.78 is 155. The minimum Gasteiger partial charge on any atom is -0.746 e. The van der Waals surface area contributed by atoms with E-state index in [2.05, 4.69) is 4.74 Å². The Hall–Kier alpha value is 0.220. The molecule has 0 radical (unpaired) electrons. The SMILES string of the molecule is CO.O=C(F)OC1C2CC3C1OS(=O)(=O)C3C2.O=C(O)CF.O=S(=O)([O-])CF.O=S(=O)([O-])F.O=S1(=O)OC2C(O)C3CC2C1C3.[Na+].[Na+]. The molecule has 0 aromatic heterocycles. The zero-order valence-corrected chi connectivity index (χ0v) is 31.9. The van der Waals surface area contributed by atoms with E-state index in [-0.39, 0.29) is 88.0 Å². The third kappa shape index (κ3) is 14.4. The molecule has 0 aromatic carbocycles. The van der Waals surface area contributed by atoms with E-state index < -0.39 is 95.4 Å². The predicted molar refractivity (Wildman–Crippen MR) is 133 cm³/mol. The number of fused-ring (bicyclic) bond motifs is 2. The topological polar surface area (TPSA) is 305 Å². The Balaban J connectivity index is 0. The van der Waals surface area contributed by atoms with Crippen molar-refractivity contribution in [1.82, 2.24) is 0 Å². The van der Waals surface area contributed by atoms with Gasteiger partial charge in [-0.3, -0.25) is 8.37 Å². The number of ether oxygens (including phenoxy) is 1. The maximum absolute atomic E-state index is 12.1. The fraction of sp³-hybridized carbons (Fsp3) is 0.895.